The maximum atomic E-state index is 12.8. The molecule has 3 nitrogen and oxygen atoms in total. The third-order valence-corrected chi connectivity index (χ3v) is 3.38. The molecular formula is C13H20FN3. The molecule has 1 saturated heterocycles. The lowest BCUT2D eigenvalue weighted by Crippen LogP contribution is -2.54. The van der Waals surface area contributed by atoms with E-state index >= 15 is 0 Å². The van der Waals surface area contributed by atoms with Gasteiger partial charge in [0.05, 0.1) is 6.20 Å². The van der Waals surface area contributed by atoms with Gasteiger partial charge in [0.2, 0.25) is 0 Å². The van der Waals surface area contributed by atoms with Gasteiger partial charge in [-0.15, -0.1) is 0 Å². The first-order valence-corrected chi connectivity index (χ1v) is 6.20. The van der Waals surface area contributed by atoms with Crippen LogP contribution in [-0.2, 0) is 0 Å². The van der Waals surface area contributed by atoms with Gasteiger partial charge in [0, 0.05) is 31.7 Å². The highest BCUT2D eigenvalue weighted by Crippen LogP contribution is 2.18. The molecule has 1 aromatic rings. The molecule has 0 saturated carbocycles. The molecule has 4 heteroatoms. The van der Waals surface area contributed by atoms with Crippen molar-refractivity contribution in [3.63, 3.8) is 0 Å². The lowest BCUT2D eigenvalue weighted by Gasteiger charge is -2.42. The minimum atomic E-state index is -0.275. The van der Waals surface area contributed by atoms with Crippen LogP contribution < -0.4 is 4.90 Å². The minimum Gasteiger partial charge on any atom is -0.354 e. The van der Waals surface area contributed by atoms with Gasteiger partial charge >= 0.3 is 0 Å². The fraction of sp³-hybridized carbons (Fsp3) is 0.615. The summed E-state index contributed by atoms with van der Waals surface area (Å²) in [5, 5.41) is 0. The second kappa shape index (κ2) is 5.00. The van der Waals surface area contributed by atoms with Gasteiger partial charge in [-0.25, -0.2) is 9.37 Å². The van der Waals surface area contributed by atoms with E-state index in [2.05, 4.69) is 35.6 Å². The standard InChI is InChI=1S/C13H20FN3/c1-10(2)17-7-6-16(9-11(17)3)13-5-4-12(14)8-15-13/h4-5,8,10-11H,6-7,9H2,1-3H3/t11-/m1/s1. The van der Waals surface area contributed by atoms with E-state index in [1.165, 1.54) is 12.3 Å². The molecule has 1 fully saturated rings. The highest BCUT2D eigenvalue weighted by atomic mass is 19.1. The van der Waals surface area contributed by atoms with E-state index in [0.29, 0.717) is 12.1 Å². The molecule has 0 aliphatic carbocycles. The monoisotopic (exact) mass is 237 g/mol. The Hall–Kier alpha value is -1.16. The number of anilines is 1. The number of rotatable bonds is 2. The number of hydrogen-bond acceptors (Lipinski definition) is 3. The van der Waals surface area contributed by atoms with Crippen molar-refractivity contribution in [2.75, 3.05) is 24.5 Å². The Morgan fingerprint density at radius 2 is 2.12 bits per heavy atom. The molecule has 0 N–H and O–H groups in total. The van der Waals surface area contributed by atoms with Gasteiger partial charge in [0.25, 0.3) is 0 Å². The van der Waals surface area contributed by atoms with Crippen molar-refractivity contribution in [3.05, 3.63) is 24.1 Å². The van der Waals surface area contributed by atoms with Crippen molar-refractivity contribution in [2.45, 2.75) is 32.9 Å². The van der Waals surface area contributed by atoms with Crippen molar-refractivity contribution in [1.29, 1.82) is 0 Å². The molecule has 0 aromatic carbocycles. The Morgan fingerprint density at radius 1 is 1.35 bits per heavy atom. The van der Waals surface area contributed by atoms with E-state index in [0.717, 1.165) is 25.5 Å². The molecule has 1 aromatic heterocycles. The average Bonchev–Trinajstić information content (AvgIpc) is 2.29. The number of aromatic nitrogens is 1. The average molecular weight is 237 g/mol. The maximum absolute atomic E-state index is 12.8. The highest BCUT2D eigenvalue weighted by Gasteiger charge is 2.25. The zero-order chi connectivity index (χ0) is 12.4. The van der Waals surface area contributed by atoms with Gasteiger partial charge in [-0.05, 0) is 32.9 Å². The molecule has 0 unspecified atom stereocenters. The molecule has 2 heterocycles. The Bertz CT molecular complexity index is 363. The number of nitrogens with zero attached hydrogens (tertiary/aromatic N) is 3. The van der Waals surface area contributed by atoms with Gasteiger partial charge in [-0.1, -0.05) is 0 Å². The van der Waals surface area contributed by atoms with Crippen LogP contribution in [0.3, 0.4) is 0 Å². The van der Waals surface area contributed by atoms with Crippen LogP contribution in [0.5, 0.6) is 0 Å². The van der Waals surface area contributed by atoms with Crippen LogP contribution in [0.1, 0.15) is 20.8 Å². The fourth-order valence-corrected chi connectivity index (χ4v) is 2.50. The Morgan fingerprint density at radius 3 is 2.65 bits per heavy atom. The summed E-state index contributed by atoms with van der Waals surface area (Å²) in [5.41, 5.74) is 0. The summed E-state index contributed by atoms with van der Waals surface area (Å²) in [5.74, 6) is 0.601. The molecule has 0 radical (unpaired) electrons. The Kier molecular flexibility index (Phi) is 3.62. The van der Waals surface area contributed by atoms with Crippen molar-refractivity contribution in [2.24, 2.45) is 0 Å². The van der Waals surface area contributed by atoms with Crippen LogP contribution in [0.25, 0.3) is 0 Å². The molecule has 0 spiro atoms. The number of piperazine rings is 1. The van der Waals surface area contributed by atoms with E-state index in [-0.39, 0.29) is 5.82 Å². The molecule has 1 aliphatic heterocycles. The van der Waals surface area contributed by atoms with E-state index in [1.54, 1.807) is 6.07 Å². The summed E-state index contributed by atoms with van der Waals surface area (Å²) in [4.78, 5) is 8.85. The quantitative estimate of drug-likeness (QED) is 0.785. The first-order chi connectivity index (χ1) is 8.08. The van der Waals surface area contributed by atoms with E-state index in [9.17, 15) is 4.39 Å². The van der Waals surface area contributed by atoms with Crippen LogP contribution in [0, 0.1) is 5.82 Å². The van der Waals surface area contributed by atoms with Crippen molar-refractivity contribution in [1.82, 2.24) is 9.88 Å². The third kappa shape index (κ3) is 2.75. The zero-order valence-electron chi connectivity index (χ0n) is 10.7. The van der Waals surface area contributed by atoms with Crippen molar-refractivity contribution in [3.8, 4) is 0 Å². The van der Waals surface area contributed by atoms with Crippen molar-refractivity contribution >= 4 is 5.82 Å². The predicted molar refractivity (Wildman–Crippen MR) is 67.7 cm³/mol. The first kappa shape index (κ1) is 12.3. The van der Waals surface area contributed by atoms with Gasteiger partial charge in [-0.3, -0.25) is 4.90 Å². The van der Waals surface area contributed by atoms with Crippen LogP contribution in [0.2, 0.25) is 0 Å². The van der Waals surface area contributed by atoms with Gasteiger partial charge in [0.1, 0.15) is 11.6 Å². The van der Waals surface area contributed by atoms with Crippen molar-refractivity contribution < 1.29 is 4.39 Å². The predicted octanol–water partition coefficient (Wildman–Crippen LogP) is 2.14. The normalized spacial score (nSPS) is 22.2. The smallest absolute Gasteiger partial charge is 0.141 e. The van der Waals surface area contributed by atoms with Crippen LogP contribution in [0.4, 0.5) is 10.2 Å². The maximum Gasteiger partial charge on any atom is 0.141 e. The van der Waals surface area contributed by atoms with Gasteiger partial charge in [0.15, 0.2) is 0 Å². The minimum absolute atomic E-state index is 0.275. The summed E-state index contributed by atoms with van der Waals surface area (Å²) in [6, 6.07) is 4.32. The number of pyridine rings is 1. The number of hydrogen-bond donors (Lipinski definition) is 0. The highest BCUT2D eigenvalue weighted by molar-refractivity contribution is 5.38. The van der Waals surface area contributed by atoms with Crippen LogP contribution >= 0.6 is 0 Å². The lowest BCUT2D eigenvalue weighted by atomic mass is 10.1. The third-order valence-electron chi connectivity index (χ3n) is 3.38. The second-order valence-corrected chi connectivity index (χ2v) is 4.96. The van der Waals surface area contributed by atoms with Gasteiger partial charge in [-0.2, -0.15) is 0 Å². The van der Waals surface area contributed by atoms with Crippen LogP contribution in [-0.4, -0.2) is 41.6 Å². The topological polar surface area (TPSA) is 19.4 Å². The molecule has 1 atom stereocenters. The second-order valence-electron chi connectivity index (χ2n) is 4.96. The zero-order valence-corrected chi connectivity index (χ0v) is 10.7. The van der Waals surface area contributed by atoms with Crippen LogP contribution in [0.15, 0.2) is 18.3 Å². The lowest BCUT2D eigenvalue weighted by molar-refractivity contribution is 0.148. The molecule has 1 aliphatic rings. The van der Waals surface area contributed by atoms with E-state index in [1.807, 2.05) is 0 Å². The molecular weight excluding hydrogens is 217 g/mol. The summed E-state index contributed by atoms with van der Waals surface area (Å²) >= 11 is 0. The molecule has 0 bridgehead atoms. The molecule has 0 amide bonds. The molecule has 2 rings (SSSR count). The molecule has 94 valence electrons. The fourth-order valence-electron chi connectivity index (χ4n) is 2.50. The molecule has 17 heavy (non-hydrogen) atoms. The van der Waals surface area contributed by atoms with Gasteiger partial charge < -0.3 is 4.90 Å². The van der Waals surface area contributed by atoms with E-state index in [4.69, 9.17) is 0 Å². The Balaban J connectivity index is 2.04. The summed E-state index contributed by atoms with van der Waals surface area (Å²) < 4.78 is 12.8. The Labute approximate surface area is 102 Å². The SMILES string of the molecule is CC(C)N1CCN(c2ccc(F)cn2)C[C@H]1C. The summed E-state index contributed by atoms with van der Waals surface area (Å²) in [6.07, 6.45) is 1.29. The largest absolute Gasteiger partial charge is 0.354 e. The summed E-state index contributed by atoms with van der Waals surface area (Å²) in [7, 11) is 0. The first-order valence-electron chi connectivity index (χ1n) is 6.20. The summed E-state index contributed by atoms with van der Waals surface area (Å²) in [6.45, 7) is 9.64. The number of halogens is 1. The van der Waals surface area contributed by atoms with E-state index < -0.39 is 0 Å².